The van der Waals surface area contributed by atoms with Crippen LogP contribution in [0.25, 0.3) is 0 Å². The molecule has 0 unspecified atom stereocenters. The standard InChI is InChI=1S/C48H64N8O4/c1-49-5-13-53(14-6-49)41-25-33-21-35-27-42(54-15-7-50(2)8-16-54)29-37(46(35)58)23-39-31-44(56-19-11-52(4)12-20-56)32-40(48(39)60)24-38-30-43(55-17-9-51(3)10-18-55)28-36(47(38)59)22-34(26-41)45(33)57/h25-32,57-60H,5-24H2,1-4H3. The van der Waals surface area contributed by atoms with Gasteiger partial charge in [0.15, 0.2) is 0 Å². The minimum absolute atomic E-state index is 0.205. The first kappa shape index (κ1) is 40.5. The van der Waals surface area contributed by atoms with Crippen molar-refractivity contribution in [1.29, 1.82) is 0 Å². The van der Waals surface area contributed by atoms with Crippen molar-refractivity contribution in [3.05, 3.63) is 93.0 Å². The van der Waals surface area contributed by atoms with Gasteiger partial charge in [0.25, 0.3) is 0 Å². The summed E-state index contributed by atoms with van der Waals surface area (Å²) >= 11 is 0. The minimum atomic E-state index is 0.205. The number of phenols is 4. The third-order valence-electron chi connectivity index (χ3n) is 14.0. The van der Waals surface area contributed by atoms with E-state index in [0.717, 1.165) is 172 Å². The van der Waals surface area contributed by atoms with Gasteiger partial charge >= 0.3 is 0 Å². The Hall–Kier alpha value is -4.88. The van der Waals surface area contributed by atoms with Crippen LogP contribution in [0.15, 0.2) is 48.5 Å². The van der Waals surface area contributed by atoms with E-state index in [-0.39, 0.29) is 23.0 Å². The molecule has 4 aliphatic heterocycles. The number of phenolic OH excluding ortho intramolecular Hbond substituents is 4. The van der Waals surface area contributed by atoms with Gasteiger partial charge in [0, 0.05) is 198 Å². The van der Waals surface area contributed by atoms with E-state index in [9.17, 15) is 20.4 Å². The zero-order chi connectivity index (χ0) is 41.7. The maximum absolute atomic E-state index is 12.3. The van der Waals surface area contributed by atoms with Crippen molar-refractivity contribution in [2.45, 2.75) is 25.7 Å². The van der Waals surface area contributed by atoms with E-state index < -0.39 is 0 Å². The molecule has 320 valence electrons. The lowest BCUT2D eigenvalue weighted by atomic mass is 9.89. The Morgan fingerprint density at radius 2 is 0.417 bits per heavy atom. The van der Waals surface area contributed by atoms with E-state index in [4.69, 9.17) is 0 Å². The number of anilines is 4. The molecule has 0 radical (unpaired) electrons. The molecule has 8 bridgehead atoms. The van der Waals surface area contributed by atoms with E-state index in [0.29, 0.717) is 25.7 Å². The zero-order valence-electron chi connectivity index (χ0n) is 36.1. The highest BCUT2D eigenvalue weighted by Crippen LogP contribution is 2.43. The van der Waals surface area contributed by atoms with Crippen molar-refractivity contribution in [3.63, 3.8) is 0 Å². The molecule has 4 aromatic rings. The third kappa shape index (κ3) is 8.39. The average molecular weight is 817 g/mol. The molecule has 0 amide bonds. The molecule has 4 heterocycles. The summed E-state index contributed by atoms with van der Waals surface area (Å²) in [7, 11) is 8.63. The maximum Gasteiger partial charge on any atom is 0.122 e. The number of nitrogens with zero attached hydrogens (tertiary/aromatic N) is 8. The lowest BCUT2D eigenvalue weighted by Crippen LogP contribution is -2.44. The van der Waals surface area contributed by atoms with Crippen molar-refractivity contribution in [1.82, 2.24) is 19.6 Å². The van der Waals surface area contributed by atoms with Gasteiger partial charge in [0.2, 0.25) is 0 Å². The number of aromatic hydroxyl groups is 4. The van der Waals surface area contributed by atoms with Crippen LogP contribution in [-0.4, -0.2) is 173 Å². The summed E-state index contributed by atoms with van der Waals surface area (Å²) in [5.41, 5.74) is 10.2. The van der Waals surface area contributed by atoms with E-state index in [2.05, 4.69) is 116 Å². The minimum Gasteiger partial charge on any atom is -0.507 e. The molecule has 0 saturated carbocycles. The molecule has 12 nitrogen and oxygen atoms in total. The molecule has 1 aliphatic carbocycles. The first-order valence-corrected chi connectivity index (χ1v) is 22.1. The van der Waals surface area contributed by atoms with Gasteiger partial charge in [-0.05, 0) is 76.7 Å². The number of benzene rings is 4. The number of hydrogen-bond acceptors (Lipinski definition) is 12. The fraction of sp³-hybridized carbons (Fsp3) is 0.500. The quantitative estimate of drug-likeness (QED) is 0.209. The van der Waals surface area contributed by atoms with Crippen LogP contribution in [0.2, 0.25) is 0 Å². The Balaban J connectivity index is 1.23. The van der Waals surface area contributed by atoms with Crippen LogP contribution in [0.1, 0.15) is 44.5 Å². The fourth-order valence-electron chi connectivity index (χ4n) is 9.85. The molecule has 4 saturated heterocycles. The monoisotopic (exact) mass is 817 g/mol. The Bertz CT molecular complexity index is 1800. The average Bonchev–Trinajstić information content (AvgIpc) is 3.24. The molecule has 4 aromatic carbocycles. The van der Waals surface area contributed by atoms with Crippen molar-refractivity contribution in [3.8, 4) is 23.0 Å². The molecule has 12 heteroatoms. The Morgan fingerprint density at radius 1 is 0.267 bits per heavy atom. The highest BCUT2D eigenvalue weighted by molar-refractivity contribution is 5.67. The summed E-state index contributed by atoms with van der Waals surface area (Å²) in [5, 5.41) is 49.2. The summed E-state index contributed by atoms with van der Waals surface area (Å²) in [6.07, 6.45) is 1.33. The summed E-state index contributed by atoms with van der Waals surface area (Å²) in [5.74, 6) is 0.821. The number of likely N-dealkylation sites (N-methyl/N-ethyl adjacent to an activating group) is 4. The van der Waals surface area contributed by atoms with Crippen LogP contribution in [0.5, 0.6) is 23.0 Å². The van der Waals surface area contributed by atoms with Gasteiger partial charge in [-0.2, -0.15) is 0 Å². The second kappa shape index (κ2) is 16.9. The lowest BCUT2D eigenvalue weighted by molar-refractivity contribution is 0.312. The summed E-state index contributed by atoms with van der Waals surface area (Å²) in [6.45, 7) is 14.6. The molecule has 9 rings (SSSR count). The van der Waals surface area contributed by atoms with E-state index in [1.54, 1.807) is 0 Å². The van der Waals surface area contributed by atoms with Crippen LogP contribution in [0.3, 0.4) is 0 Å². The lowest BCUT2D eigenvalue weighted by Gasteiger charge is -2.35. The van der Waals surface area contributed by atoms with E-state index >= 15 is 0 Å². The summed E-state index contributed by atoms with van der Waals surface area (Å²) in [6, 6.07) is 16.9. The second-order valence-corrected chi connectivity index (χ2v) is 18.3. The molecular weight excluding hydrogens is 753 g/mol. The van der Waals surface area contributed by atoms with Gasteiger partial charge < -0.3 is 59.6 Å². The first-order chi connectivity index (χ1) is 28.9. The Kier molecular flexibility index (Phi) is 11.4. The van der Waals surface area contributed by atoms with Gasteiger partial charge in [-0.1, -0.05) is 0 Å². The molecule has 60 heavy (non-hydrogen) atoms. The van der Waals surface area contributed by atoms with Crippen LogP contribution in [0.4, 0.5) is 22.7 Å². The van der Waals surface area contributed by atoms with Crippen molar-refractivity contribution < 1.29 is 20.4 Å². The SMILES string of the molecule is CN1CCN(c2cc3c(O)c(c2)Cc2cc(N4CCN(C)CC4)cc(c2O)Cc2cc(N4CCN(C)CC4)cc(c2O)Cc2cc(N4CCN(C)CC4)cc(c2O)C3)CC1. The first-order valence-electron chi connectivity index (χ1n) is 22.1. The molecule has 0 aromatic heterocycles. The van der Waals surface area contributed by atoms with E-state index in [1.165, 1.54) is 0 Å². The highest BCUT2D eigenvalue weighted by Gasteiger charge is 2.27. The van der Waals surface area contributed by atoms with Gasteiger partial charge in [-0.3, -0.25) is 0 Å². The van der Waals surface area contributed by atoms with Gasteiger partial charge in [-0.25, -0.2) is 0 Å². The smallest absolute Gasteiger partial charge is 0.122 e. The van der Waals surface area contributed by atoms with Gasteiger partial charge in [0.1, 0.15) is 23.0 Å². The number of hydrogen-bond donors (Lipinski definition) is 4. The molecule has 0 atom stereocenters. The molecule has 5 aliphatic rings. The van der Waals surface area contributed by atoms with Gasteiger partial charge in [-0.15, -0.1) is 0 Å². The van der Waals surface area contributed by atoms with Crippen LogP contribution in [0, 0.1) is 0 Å². The molecular formula is C48H64N8O4. The normalized spacial score (nSPS) is 20.2. The van der Waals surface area contributed by atoms with E-state index in [1.807, 2.05) is 0 Å². The second-order valence-electron chi connectivity index (χ2n) is 18.3. The number of fused-ring (bicyclic) bond motifs is 8. The van der Waals surface area contributed by atoms with Crippen molar-refractivity contribution in [2.24, 2.45) is 0 Å². The summed E-state index contributed by atoms with van der Waals surface area (Å²) in [4.78, 5) is 19.0. The zero-order valence-corrected chi connectivity index (χ0v) is 36.1. The maximum atomic E-state index is 12.3. The van der Waals surface area contributed by atoms with Crippen molar-refractivity contribution >= 4 is 22.7 Å². The highest BCUT2D eigenvalue weighted by atomic mass is 16.3. The van der Waals surface area contributed by atoms with Crippen molar-refractivity contribution in [2.75, 3.05) is 153 Å². The molecule has 4 fully saturated rings. The molecule has 4 N–H and O–H groups in total. The van der Waals surface area contributed by atoms with Gasteiger partial charge in [0.05, 0.1) is 0 Å². The topological polar surface area (TPSA) is 107 Å². The third-order valence-corrected chi connectivity index (χ3v) is 14.0. The van der Waals surface area contributed by atoms with Crippen LogP contribution >= 0.6 is 0 Å². The Morgan fingerprint density at radius 3 is 0.567 bits per heavy atom. The predicted molar refractivity (Wildman–Crippen MR) is 242 cm³/mol. The largest absolute Gasteiger partial charge is 0.507 e. The molecule has 0 spiro atoms. The Labute approximate surface area is 356 Å². The predicted octanol–water partition coefficient (Wildman–Crippen LogP) is 4.19. The van der Waals surface area contributed by atoms with Crippen LogP contribution in [-0.2, 0) is 25.7 Å². The number of piperazine rings is 4. The summed E-state index contributed by atoms with van der Waals surface area (Å²) < 4.78 is 0. The number of rotatable bonds is 4. The fourth-order valence-corrected chi connectivity index (χ4v) is 9.85. The van der Waals surface area contributed by atoms with Crippen LogP contribution < -0.4 is 19.6 Å².